The number of carbonyl (C=O) groups is 1. The van der Waals surface area contributed by atoms with Crippen molar-refractivity contribution in [2.45, 2.75) is 19.3 Å². The summed E-state index contributed by atoms with van der Waals surface area (Å²) in [6.45, 7) is 0.355. The Morgan fingerprint density at radius 1 is 1.48 bits per heavy atom. The predicted octanol–water partition coefficient (Wildman–Crippen LogP) is 2.77. The highest BCUT2D eigenvalue weighted by Gasteiger charge is 2.10. The molecule has 7 heteroatoms. The summed E-state index contributed by atoms with van der Waals surface area (Å²) < 4.78 is 5.47. The molecular weight excluding hydrogens is 276 g/mol. The maximum absolute atomic E-state index is 10.7. The number of unbranched alkanes of at least 4 members (excludes halogenated alkanes) is 2. The van der Waals surface area contributed by atoms with E-state index in [1.807, 2.05) is 6.07 Å². The highest BCUT2D eigenvalue weighted by Crippen LogP contribution is 2.25. The van der Waals surface area contributed by atoms with Gasteiger partial charge in [-0.3, -0.25) is 10.1 Å². The molecule has 0 saturated carbocycles. The minimum atomic E-state index is -1.15. The second-order valence-electron chi connectivity index (χ2n) is 4.11. The van der Waals surface area contributed by atoms with Crippen molar-refractivity contribution in [3.05, 3.63) is 40.0 Å². The van der Waals surface area contributed by atoms with Crippen LogP contribution in [0.5, 0.6) is 5.75 Å². The van der Waals surface area contributed by atoms with E-state index in [9.17, 15) is 14.9 Å². The van der Waals surface area contributed by atoms with Gasteiger partial charge >= 0.3 is 5.97 Å². The summed E-state index contributed by atoms with van der Waals surface area (Å²) in [6, 6.07) is 6.01. The summed E-state index contributed by atoms with van der Waals surface area (Å²) >= 11 is 0. The van der Waals surface area contributed by atoms with Gasteiger partial charge in [-0.05, 0) is 25.0 Å². The Labute approximate surface area is 121 Å². The van der Waals surface area contributed by atoms with Gasteiger partial charge in [-0.1, -0.05) is 0 Å². The summed E-state index contributed by atoms with van der Waals surface area (Å²) in [6.07, 6.45) is 3.95. The number of ether oxygens (including phenoxy) is 1. The largest absolute Gasteiger partial charge is 0.493 e. The normalized spacial score (nSPS) is 10.2. The van der Waals surface area contributed by atoms with Gasteiger partial charge in [0.1, 0.15) is 5.75 Å². The molecule has 7 nitrogen and oxygen atoms in total. The molecule has 0 saturated heterocycles. The molecule has 0 atom stereocenters. The minimum Gasteiger partial charge on any atom is -0.493 e. The van der Waals surface area contributed by atoms with Crippen LogP contribution in [0.25, 0.3) is 6.08 Å². The average molecular weight is 290 g/mol. The fourth-order valence-corrected chi connectivity index (χ4v) is 1.56. The number of aliphatic carboxylic acids is 1. The summed E-state index contributed by atoms with van der Waals surface area (Å²) in [4.78, 5) is 20.7. The standard InChI is InChI=1S/C14H14N2O5/c15-8-2-1-3-9-21-13-6-5-12(16(19)20)10-11(13)4-7-14(17)18/h4-7,10H,1-3,9H2,(H,17,18). The number of nitro benzene ring substituents is 1. The molecule has 1 N–H and O–H groups in total. The Morgan fingerprint density at radius 3 is 2.86 bits per heavy atom. The number of non-ortho nitro benzene ring substituents is 1. The molecule has 110 valence electrons. The lowest BCUT2D eigenvalue weighted by Crippen LogP contribution is -2.00. The van der Waals surface area contributed by atoms with Gasteiger partial charge in [-0.25, -0.2) is 4.79 Å². The highest BCUT2D eigenvalue weighted by atomic mass is 16.6. The van der Waals surface area contributed by atoms with Gasteiger partial charge in [-0.15, -0.1) is 0 Å². The van der Waals surface area contributed by atoms with Gasteiger partial charge in [0.05, 0.1) is 17.6 Å². The fraction of sp³-hybridized carbons (Fsp3) is 0.286. The number of benzene rings is 1. The van der Waals surface area contributed by atoms with Gasteiger partial charge in [-0.2, -0.15) is 5.26 Å². The summed E-state index contributed by atoms with van der Waals surface area (Å²) in [5.41, 5.74) is 0.184. The van der Waals surface area contributed by atoms with Gasteiger partial charge in [0.2, 0.25) is 0 Å². The zero-order chi connectivity index (χ0) is 15.7. The molecule has 0 spiro atoms. The first kappa shape index (κ1) is 16.2. The van der Waals surface area contributed by atoms with Crippen LogP contribution in [0, 0.1) is 21.4 Å². The van der Waals surface area contributed by atoms with Crippen LogP contribution < -0.4 is 4.74 Å². The lowest BCUT2D eigenvalue weighted by Gasteiger charge is -2.08. The molecule has 1 aromatic carbocycles. The monoisotopic (exact) mass is 290 g/mol. The third-order valence-electron chi connectivity index (χ3n) is 2.55. The van der Waals surface area contributed by atoms with Crippen LogP contribution in [-0.2, 0) is 4.79 Å². The zero-order valence-electron chi connectivity index (χ0n) is 11.2. The summed E-state index contributed by atoms with van der Waals surface area (Å²) in [5, 5.41) is 27.8. The fourth-order valence-electron chi connectivity index (χ4n) is 1.56. The van der Waals surface area contributed by atoms with Gasteiger partial charge in [0.15, 0.2) is 0 Å². The van der Waals surface area contributed by atoms with Crippen LogP contribution in [0.3, 0.4) is 0 Å². The number of carboxylic acid groups (broad SMARTS) is 1. The van der Waals surface area contributed by atoms with Crippen LogP contribution >= 0.6 is 0 Å². The third-order valence-corrected chi connectivity index (χ3v) is 2.55. The smallest absolute Gasteiger partial charge is 0.328 e. The number of nitriles is 1. The number of rotatable bonds is 8. The van der Waals surface area contributed by atoms with Crippen molar-refractivity contribution in [1.82, 2.24) is 0 Å². The first-order valence-electron chi connectivity index (χ1n) is 6.24. The Balaban J connectivity index is 2.83. The minimum absolute atomic E-state index is 0.142. The number of carboxylic acids is 1. The molecule has 0 heterocycles. The van der Waals surface area contributed by atoms with Crippen molar-refractivity contribution >= 4 is 17.7 Å². The maximum Gasteiger partial charge on any atom is 0.328 e. The lowest BCUT2D eigenvalue weighted by atomic mass is 10.1. The van der Waals surface area contributed by atoms with Crippen molar-refractivity contribution in [2.24, 2.45) is 0 Å². The van der Waals surface area contributed by atoms with Crippen LogP contribution in [-0.4, -0.2) is 22.6 Å². The van der Waals surface area contributed by atoms with E-state index in [-0.39, 0.29) is 5.69 Å². The van der Waals surface area contributed by atoms with E-state index < -0.39 is 10.9 Å². The number of nitrogens with zero attached hydrogens (tertiary/aromatic N) is 2. The number of hydrogen-bond acceptors (Lipinski definition) is 5. The van der Waals surface area contributed by atoms with Crippen LogP contribution in [0.15, 0.2) is 24.3 Å². The second kappa shape index (κ2) is 8.32. The molecule has 21 heavy (non-hydrogen) atoms. The van der Waals surface area contributed by atoms with Crippen LogP contribution in [0.1, 0.15) is 24.8 Å². The molecule has 0 radical (unpaired) electrons. The molecule has 0 fully saturated rings. The Morgan fingerprint density at radius 2 is 2.24 bits per heavy atom. The van der Waals surface area contributed by atoms with Crippen LogP contribution in [0.4, 0.5) is 5.69 Å². The van der Waals surface area contributed by atoms with Crippen molar-refractivity contribution in [3.8, 4) is 11.8 Å². The highest BCUT2D eigenvalue weighted by molar-refractivity contribution is 5.86. The van der Waals surface area contributed by atoms with Gasteiger partial charge < -0.3 is 9.84 Å². The number of nitro groups is 1. The molecule has 1 aromatic rings. The van der Waals surface area contributed by atoms with E-state index in [1.54, 1.807) is 0 Å². The maximum atomic E-state index is 10.7. The quantitative estimate of drug-likeness (QED) is 0.341. The topological polar surface area (TPSA) is 113 Å². The lowest BCUT2D eigenvalue weighted by molar-refractivity contribution is -0.384. The van der Waals surface area contributed by atoms with E-state index in [4.69, 9.17) is 15.1 Å². The molecule has 0 aliphatic carbocycles. The van der Waals surface area contributed by atoms with Crippen molar-refractivity contribution in [3.63, 3.8) is 0 Å². The van der Waals surface area contributed by atoms with Crippen molar-refractivity contribution < 1.29 is 19.6 Å². The number of hydrogen-bond donors (Lipinski definition) is 1. The predicted molar refractivity (Wildman–Crippen MR) is 74.7 cm³/mol. The van der Waals surface area contributed by atoms with E-state index in [2.05, 4.69) is 0 Å². The van der Waals surface area contributed by atoms with E-state index in [1.165, 1.54) is 24.3 Å². The van der Waals surface area contributed by atoms with Gasteiger partial charge in [0, 0.05) is 30.2 Å². The molecule has 0 aromatic heterocycles. The van der Waals surface area contributed by atoms with Crippen molar-refractivity contribution in [2.75, 3.05) is 6.61 Å². The van der Waals surface area contributed by atoms with E-state index in [0.717, 1.165) is 6.08 Å². The zero-order valence-corrected chi connectivity index (χ0v) is 11.2. The molecule has 0 amide bonds. The first-order chi connectivity index (χ1) is 10.0. The van der Waals surface area contributed by atoms with Gasteiger partial charge in [0.25, 0.3) is 5.69 Å². The molecule has 0 aliphatic heterocycles. The molecule has 0 unspecified atom stereocenters. The Kier molecular flexibility index (Phi) is 6.41. The molecular formula is C14H14N2O5. The Bertz CT molecular complexity index is 590. The third kappa shape index (κ3) is 5.74. The first-order valence-corrected chi connectivity index (χ1v) is 6.24. The summed E-state index contributed by atoms with van der Waals surface area (Å²) in [7, 11) is 0. The molecule has 0 aliphatic rings. The second-order valence-corrected chi connectivity index (χ2v) is 4.11. The Hall–Kier alpha value is -2.88. The molecule has 1 rings (SSSR count). The SMILES string of the molecule is N#CCCCCOc1ccc([N+](=O)[O-])cc1C=CC(=O)O. The average Bonchev–Trinajstić information content (AvgIpc) is 2.45. The van der Waals surface area contributed by atoms with E-state index in [0.29, 0.717) is 37.2 Å². The summed E-state index contributed by atoms with van der Waals surface area (Å²) in [5.74, 6) is -0.781. The molecule has 0 bridgehead atoms. The van der Waals surface area contributed by atoms with Crippen molar-refractivity contribution in [1.29, 1.82) is 5.26 Å². The van der Waals surface area contributed by atoms with E-state index >= 15 is 0 Å². The van der Waals surface area contributed by atoms with Crippen LogP contribution in [0.2, 0.25) is 0 Å².